The van der Waals surface area contributed by atoms with Gasteiger partial charge in [0.05, 0.1) is 12.4 Å². The molecule has 12 heavy (non-hydrogen) atoms. The molecule has 0 aromatic carbocycles. The van der Waals surface area contributed by atoms with E-state index >= 15 is 0 Å². The van der Waals surface area contributed by atoms with Gasteiger partial charge in [0.25, 0.3) is 0 Å². The third-order valence-corrected chi connectivity index (χ3v) is 2.13. The molecule has 70 valence electrons. The molecule has 0 fully saturated rings. The summed E-state index contributed by atoms with van der Waals surface area (Å²) < 4.78 is 4.82. The van der Waals surface area contributed by atoms with Gasteiger partial charge in [-0.1, -0.05) is 0 Å². The molecule has 0 aromatic rings. The molecule has 0 unspecified atom stereocenters. The van der Waals surface area contributed by atoms with Gasteiger partial charge >= 0.3 is 0 Å². The van der Waals surface area contributed by atoms with E-state index in [1.54, 1.807) is 0 Å². The minimum atomic E-state index is -0.520. The first kappa shape index (κ1) is 12.2. The lowest BCUT2D eigenvalue weighted by atomic mass is 10.8. The largest absolute Gasteiger partial charge is 0.371 e. The highest BCUT2D eigenvalue weighted by atomic mass is 35.5. The molecule has 0 aliphatic heterocycles. The van der Waals surface area contributed by atoms with Gasteiger partial charge < -0.3 is 4.74 Å². The lowest BCUT2D eigenvalue weighted by Crippen LogP contribution is -2.05. The minimum Gasteiger partial charge on any atom is -0.371 e. The average molecular weight is 231 g/mol. The number of hydrogen-bond acceptors (Lipinski definition) is 4. The number of thioether (sulfide) groups is 1. The van der Waals surface area contributed by atoms with Gasteiger partial charge in [0.15, 0.2) is 0 Å². The Balaban J connectivity index is 3.01. The van der Waals surface area contributed by atoms with Crippen LogP contribution in [0.25, 0.3) is 0 Å². The molecule has 0 rings (SSSR count). The summed E-state index contributed by atoms with van der Waals surface area (Å²) in [5.41, 5.74) is 0. The molecule has 0 radical (unpaired) electrons. The van der Waals surface area contributed by atoms with Gasteiger partial charge in [0, 0.05) is 5.75 Å². The zero-order valence-corrected chi connectivity index (χ0v) is 8.55. The van der Waals surface area contributed by atoms with Crippen LogP contribution in [0.1, 0.15) is 0 Å². The second kappa shape index (κ2) is 7.86. The van der Waals surface area contributed by atoms with Crippen molar-refractivity contribution in [3.8, 4) is 0 Å². The van der Waals surface area contributed by atoms with Crippen molar-refractivity contribution in [3.05, 3.63) is 0 Å². The third kappa shape index (κ3) is 10.2. The monoisotopic (exact) mass is 230 g/mol. The predicted octanol–water partition coefficient (Wildman–Crippen LogP) is 1.27. The quantitative estimate of drug-likeness (QED) is 0.488. The van der Waals surface area contributed by atoms with E-state index < -0.39 is 5.24 Å². The first-order valence-corrected chi connectivity index (χ1v) is 5.06. The Kier molecular flexibility index (Phi) is 8.01. The van der Waals surface area contributed by atoms with Crippen LogP contribution < -0.4 is 0 Å². The lowest BCUT2D eigenvalue weighted by molar-refractivity contribution is -0.115. The number of hydrogen-bond donors (Lipinski definition) is 0. The zero-order chi connectivity index (χ0) is 9.40. The van der Waals surface area contributed by atoms with E-state index in [1.165, 1.54) is 11.8 Å². The fourth-order valence-corrected chi connectivity index (χ4v) is 1.27. The van der Waals surface area contributed by atoms with Gasteiger partial charge in [0.2, 0.25) is 10.5 Å². The van der Waals surface area contributed by atoms with Gasteiger partial charge in [-0.15, -0.1) is 0 Å². The van der Waals surface area contributed by atoms with E-state index in [0.29, 0.717) is 12.4 Å². The lowest BCUT2D eigenvalue weighted by Gasteiger charge is -1.98. The van der Waals surface area contributed by atoms with Crippen molar-refractivity contribution in [2.24, 2.45) is 0 Å². The summed E-state index contributed by atoms with van der Waals surface area (Å²) in [6.45, 7) is 0.310. The summed E-state index contributed by atoms with van der Waals surface area (Å²) in [5.74, 6) is 0.891. The molecule has 6 heteroatoms. The van der Waals surface area contributed by atoms with Crippen molar-refractivity contribution in [2.45, 2.75) is 0 Å². The van der Waals surface area contributed by atoms with Gasteiger partial charge in [0.1, 0.15) is 6.61 Å². The summed E-state index contributed by atoms with van der Waals surface area (Å²) in [6.07, 6.45) is 0. The first-order chi connectivity index (χ1) is 5.63. The van der Waals surface area contributed by atoms with E-state index in [9.17, 15) is 9.59 Å². The topological polar surface area (TPSA) is 43.4 Å². The van der Waals surface area contributed by atoms with Crippen molar-refractivity contribution in [1.82, 2.24) is 0 Å². The number of halogens is 2. The van der Waals surface area contributed by atoms with E-state index in [0.717, 1.165) is 0 Å². The highest BCUT2D eigenvalue weighted by molar-refractivity contribution is 8.00. The van der Waals surface area contributed by atoms with Gasteiger partial charge in [-0.2, -0.15) is 11.8 Å². The van der Waals surface area contributed by atoms with E-state index in [1.807, 2.05) is 0 Å². The molecular weight excluding hydrogens is 223 g/mol. The van der Waals surface area contributed by atoms with Crippen molar-refractivity contribution in [3.63, 3.8) is 0 Å². The van der Waals surface area contributed by atoms with E-state index in [4.69, 9.17) is 27.9 Å². The summed E-state index contributed by atoms with van der Waals surface area (Å²) in [6, 6.07) is 0. The van der Waals surface area contributed by atoms with Crippen LogP contribution >= 0.6 is 35.0 Å². The standard InChI is InChI=1S/C6H8Cl2O3S/c7-5(9)3-11-1-2-12-4-6(8)10/h1-4H2. The summed E-state index contributed by atoms with van der Waals surface area (Å²) in [5, 5.41) is -0.901. The normalized spacial score (nSPS) is 9.83. The van der Waals surface area contributed by atoms with Crippen LogP contribution in [0.3, 0.4) is 0 Å². The Labute approximate surface area is 84.7 Å². The third-order valence-electron chi connectivity index (χ3n) is 0.803. The zero-order valence-electron chi connectivity index (χ0n) is 6.22. The summed E-state index contributed by atoms with van der Waals surface area (Å²) in [7, 11) is 0. The van der Waals surface area contributed by atoms with E-state index in [2.05, 4.69) is 0 Å². The van der Waals surface area contributed by atoms with E-state index in [-0.39, 0.29) is 17.6 Å². The maximum absolute atomic E-state index is 10.2. The van der Waals surface area contributed by atoms with Crippen molar-refractivity contribution < 1.29 is 14.3 Å². The molecular formula is C6H8Cl2O3S. The number of carbonyl (C=O) groups excluding carboxylic acids is 2. The Morgan fingerprint density at radius 2 is 1.92 bits per heavy atom. The molecule has 0 aromatic heterocycles. The molecule has 3 nitrogen and oxygen atoms in total. The fourth-order valence-electron chi connectivity index (χ4n) is 0.423. The highest BCUT2D eigenvalue weighted by Gasteiger charge is 1.97. The molecule has 0 spiro atoms. The fraction of sp³-hybridized carbons (Fsp3) is 0.667. The Bertz CT molecular complexity index is 145. The molecule has 0 aliphatic rings. The van der Waals surface area contributed by atoms with Gasteiger partial charge in [-0.25, -0.2) is 0 Å². The molecule has 0 saturated carbocycles. The second-order valence-corrected chi connectivity index (χ2v) is 3.76. The van der Waals surface area contributed by atoms with Crippen LogP contribution in [0, 0.1) is 0 Å². The van der Waals surface area contributed by atoms with Crippen molar-refractivity contribution in [2.75, 3.05) is 24.7 Å². The second-order valence-electron chi connectivity index (χ2n) is 1.82. The maximum atomic E-state index is 10.2. The van der Waals surface area contributed by atoms with Crippen LogP contribution in [0.2, 0.25) is 0 Å². The highest BCUT2D eigenvalue weighted by Crippen LogP contribution is 2.01. The maximum Gasteiger partial charge on any atom is 0.247 e. The molecule has 0 bridgehead atoms. The van der Waals surface area contributed by atoms with Crippen LogP contribution in [-0.4, -0.2) is 35.2 Å². The smallest absolute Gasteiger partial charge is 0.247 e. The molecule has 0 N–H and O–H groups in total. The first-order valence-electron chi connectivity index (χ1n) is 3.15. The van der Waals surface area contributed by atoms with Gasteiger partial charge in [-0.3, -0.25) is 9.59 Å². The molecule has 0 atom stereocenters. The Morgan fingerprint density at radius 3 is 2.42 bits per heavy atom. The molecule has 0 heterocycles. The average Bonchev–Trinajstić information content (AvgIpc) is 1.95. The minimum absolute atomic E-state index is 0.0864. The summed E-state index contributed by atoms with van der Waals surface area (Å²) >= 11 is 11.4. The van der Waals surface area contributed by atoms with Crippen molar-refractivity contribution in [1.29, 1.82) is 0 Å². The summed E-state index contributed by atoms with van der Waals surface area (Å²) in [4.78, 5) is 20.4. The van der Waals surface area contributed by atoms with Crippen molar-refractivity contribution >= 4 is 45.4 Å². The molecule has 0 aliphatic carbocycles. The van der Waals surface area contributed by atoms with Crippen LogP contribution in [0.15, 0.2) is 0 Å². The molecule has 0 amide bonds. The van der Waals surface area contributed by atoms with Gasteiger partial charge in [-0.05, 0) is 23.2 Å². The molecule has 0 saturated heterocycles. The SMILES string of the molecule is O=C(Cl)COCCSCC(=O)Cl. The number of carbonyl (C=O) groups is 2. The predicted molar refractivity (Wildman–Crippen MR) is 49.9 cm³/mol. The Hall–Kier alpha value is 0.230. The Morgan fingerprint density at radius 1 is 1.25 bits per heavy atom. The van der Waals surface area contributed by atoms with Crippen LogP contribution in [-0.2, 0) is 14.3 Å². The van der Waals surface area contributed by atoms with Crippen LogP contribution in [0.4, 0.5) is 0 Å². The number of ether oxygens (including phenoxy) is 1. The van der Waals surface area contributed by atoms with Crippen LogP contribution in [0.5, 0.6) is 0 Å². The number of rotatable bonds is 7.